The van der Waals surface area contributed by atoms with E-state index in [0.29, 0.717) is 17.5 Å². The van der Waals surface area contributed by atoms with Crippen LogP contribution in [0, 0.1) is 32.4 Å². The Hall–Kier alpha value is -2.27. The van der Waals surface area contributed by atoms with E-state index in [1.807, 2.05) is 20.8 Å². The molecule has 0 amide bonds. The molecular weight excluding hydrogens is 324 g/mol. The number of carboxylic acids is 1. The van der Waals surface area contributed by atoms with Gasteiger partial charge in [0.1, 0.15) is 11.6 Å². The summed E-state index contributed by atoms with van der Waals surface area (Å²) >= 11 is 0. The van der Waals surface area contributed by atoms with Crippen LogP contribution in [0.15, 0.2) is 24.3 Å². The molecule has 5 heteroatoms. The molecule has 1 atom stereocenters. The Labute approximate surface area is 147 Å². The first-order valence-corrected chi connectivity index (χ1v) is 8.10. The van der Waals surface area contributed by atoms with E-state index in [1.165, 1.54) is 12.1 Å². The molecule has 0 heterocycles. The largest absolute Gasteiger partial charge is 0.481 e. The molecule has 0 spiro atoms. The second-order valence-corrected chi connectivity index (χ2v) is 6.14. The van der Waals surface area contributed by atoms with Crippen LogP contribution in [0.1, 0.15) is 48.6 Å². The standard InChI is InChI=1S/C18H21F2N.C2H4O2/c1-5-16(21)15-9-13(6-12(4)18(15)20)17-10(2)7-14(19)8-11(17)3;1-2(3)4/h6-9,16H,5,21H2,1-4H3;1H3,(H,3,4)/t16-;/m0./s1. The fourth-order valence-corrected chi connectivity index (χ4v) is 2.80. The molecule has 0 aliphatic carbocycles. The molecule has 136 valence electrons. The van der Waals surface area contributed by atoms with Crippen LogP contribution >= 0.6 is 0 Å². The van der Waals surface area contributed by atoms with E-state index in [2.05, 4.69) is 0 Å². The van der Waals surface area contributed by atoms with E-state index in [9.17, 15) is 8.78 Å². The lowest BCUT2D eigenvalue weighted by Crippen LogP contribution is -2.12. The molecule has 0 fully saturated rings. The highest BCUT2D eigenvalue weighted by molar-refractivity contribution is 5.72. The molecule has 2 rings (SSSR count). The summed E-state index contributed by atoms with van der Waals surface area (Å²) in [5.74, 6) is -1.33. The number of hydrogen-bond acceptors (Lipinski definition) is 2. The van der Waals surface area contributed by atoms with Gasteiger partial charge in [-0.15, -0.1) is 0 Å². The second kappa shape index (κ2) is 8.72. The van der Waals surface area contributed by atoms with Crippen molar-refractivity contribution in [3.63, 3.8) is 0 Å². The molecule has 2 aromatic carbocycles. The topological polar surface area (TPSA) is 63.3 Å². The predicted octanol–water partition coefficient (Wildman–Crippen LogP) is 5.06. The molecule has 0 saturated heterocycles. The monoisotopic (exact) mass is 349 g/mol. The van der Waals surface area contributed by atoms with Crippen molar-refractivity contribution in [3.05, 3.63) is 58.2 Å². The molecule has 3 N–H and O–H groups in total. The third-order valence-corrected chi connectivity index (χ3v) is 3.91. The van der Waals surface area contributed by atoms with Crippen molar-refractivity contribution in [2.75, 3.05) is 0 Å². The highest BCUT2D eigenvalue weighted by Crippen LogP contribution is 2.32. The Balaban J connectivity index is 0.000000705. The first-order valence-electron chi connectivity index (χ1n) is 8.10. The van der Waals surface area contributed by atoms with Crippen molar-refractivity contribution in [1.82, 2.24) is 0 Å². The van der Waals surface area contributed by atoms with Gasteiger partial charge in [0.2, 0.25) is 0 Å². The molecule has 25 heavy (non-hydrogen) atoms. The van der Waals surface area contributed by atoms with Crippen LogP contribution in [0.4, 0.5) is 8.78 Å². The lowest BCUT2D eigenvalue weighted by Gasteiger charge is -2.17. The van der Waals surface area contributed by atoms with Crippen molar-refractivity contribution in [2.24, 2.45) is 5.73 Å². The molecule has 0 radical (unpaired) electrons. The number of rotatable bonds is 3. The fraction of sp³-hybridized carbons (Fsp3) is 0.350. The highest BCUT2D eigenvalue weighted by atomic mass is 19.1. The molecular formula is C20H25F2NO2. The Bertz CT molecular complexity index is 746. The van der Waals surface area contributed by atoms with E-state index < -0.39 is 5.97 Å². The van der Waals surface area contributed by atoms with E-state index in [-0.39, 0.29) is 17.7 Å². The summed E-state index contributed by atoms with van der Waals surface area (Å²) in [6.07, 6.45) is 0.668. The molecule has 3 nitrogen and oxygen atoms in total. The van der Waals surface area contributed by atoms with Gasteiger partial charge in [-0.25, -0.2) is 8.78 Å². The van der Waals surface area contributed by atoms with Gasteiger partial charge < -0.3 is 10.8 Å². The molecule has 0 saturated carbocycles. The first kappa shape index (κ1) is 20.8. The Kier molecular flexibility index (Phi) is 7.24. The third-order valence-electron chi connectivity index (χ3n) is 3.91. The van der Waals surface area contributed by atoms with Crippen LogP contribution in [0.3, 0.4) is 0 Å². The van der Waals surface area contributed by atoms with Gasteiger partial charge in [-0.2, -0.15) is 0 Å². The van der Waals surface area contributed by atoms with E-state index in [4.69, 9.17) is 15.6 Å². The molecule has 0 aromatic heterocycles. The van der Waals surface area contributed by atoms with Gasteiger partial charge >= 0.3 is 0 Å². The third kappa shape index (κ3) is 5.36. The van der Waals surface area contributed by atoms with Crippen LogP contribution in [-0.4, -0.2) is 11.1 Å². The van der Waals surface area contributed by atoms with Crippen molar-refractivity contribution >= 4 is 5.97 Å². The summed E-state index contributed by atoms with van der Waals surface area (Å²) in [6.45, 7) is 8.48. The number of nitrogens with two attached hydrogens (primary N) is 1. The fourth-order valence-electron chi connectivity index (χ4n) is 2.80. The van der Waals surface area contributed by atoms with Gasteiger partial charge in [-0.1, -0.05) is 6.92 Å². The van der Waals surface area contributed by atoms with Crippen LogP contribution in [-0.2, 0) is 4.79 Å². The van der Waals surface area contributed by atoms with Gasteiger partial charge in [-0.05, 0) is 79.3 Å². The number of halogens is 2. The first-order chi connectivity index (χ1) is 11.6. The maximum atomic E-state index is 14.3. The highest BCUT2D eigenvalue weighted by Gasteiger charge is 2.16. The quantitative estimate of drug-likeness (QED) is 0.814. The SMILES string of the molecule is CC(=O)O.CC[C@H](N)c1cc(-c2c(C)cc(F)cc2C)cc(C)c1F. The number of carboxylic acid groups (broad SMARTS) is 1. The summed E-state index contributed by atoms with van der Waals surface area (Å²) in [6, 6.07) is 6.27. The summed E-state index contributed by atoms with van der Waals surface area (Å²) < 4.78 is 27.7. The van der Waals surface area contributed by atoms with Crippen molar-refractivity contribution < 1.29 is 18.7 Å². The number of carbonyl (C=O) groups is 1. The minimum Gasteiger partial charge on any atom is -0.481 e. The maximum absolute atomic E-state index is 14.3. The summed E-state index contributed by atoms with van der Waals surface area (Å²) in [5, 5.41) is 7.42. The number of aliphatic carboxylic acids is 1. The van der Waals surface area contributed by atoms with Gasteiger partial charge in [0, 0.05) is 18.5 Å². The zero-order chi connectivity index (χ0) is 19.3. The van der Waals surface area contributed by atoms with E-state index in [1.54, 1.807) is 19.1 Å². The minimum atomic E-state index is -0.833. The van der Waals surface area contributed by atoms with Gasteiger partial charge in [-0.3, -0.25) is 4.79 Å². The van der Waals surface area contributed by atoms with Crippen LogP contribution in [0.5, 0.6) is 0 Å². The average molecular weight is 349 g/mol. The maximum Gasteiger partial charge on any atom is 0.300 e. The number of benzene rings is 2. The average Bonchev–Trinajstić information content (AvgIpc) is 2.48. The zero-order valence-corrected chi connectivity index (χ0v) is 15.3. The van der Waals surface area contributed by atoms with Gasteiger partial charge in [0.15, 0.2) is 0 Å². The van der Waals surface area contributed by atoms with E-state index in [0.717, 1.165) is 29.2 Å². The minimum absolute atomic E-state index is 0.245. The van der Waals surface area contributed by atoms with Crippen molar-refractivity contribution in [2.45, 2.75) is 47.1 Å². The Morgan fingerprint density at radius 1 is 1.08 bits per heavy atom. The van der Waals surface area contributed by atoms with Gasteiger partial charge in [0.25, 0.3) is 5.97 Å². The second-order valence-electron chi connectivity index (χ2n) is 6.14. The molecule has 0 aliphatic rings. The van der Waals surface area contributed by atoms with Crippen LogP contribution in [0.2, 0.25) is 0 Å². The summed E-state index contributed by atoms with van der Waals surface area (Å²) in [5.41, 5.74) is 10.6. The van der Waals surface area contributed by atoms with Crippen LogP contribution < -0.4 is 5.73 Å². The normalized spacial score (nSPS) is 11.5. The summed E-state index contributed by atoms with van der Waals surface area (Å²) in [4.78, 5) is 9.00. The number of hydrogen-bond donors (Lipinski definition) is 2. The molecule has 0 unspecified atom stereocenters. The smallest absolute Gasteiger partial charge is 0.300 e. The molecule has 2 aromatic rings. The van der Waals surface area contributed by atoms with Gasteiger partial charge in [0.05, 0.1) is 0 Å². The zero-order valence-electron chi connectivity index (χ0n) is 15.3. The Morgan fingerprint density at radius 3 is 2.00 bits per heavy atom. The lowest BCUT2D eigenvalue weighted by molar-refractivity contribution is -0.134. The molecule has 0 aliphatic heterocycles. The number of aryl methyl sites for hydroxylation is 3. The van der Waals surface area contributed by atoms with Crippen LogP contribution in [0.25, 0.3) is 11.1 Å². The predicted molar refractivity (Wildman–Crippen MR) is 96.5 cm³/mol. The van der Waals surface area contributed by atoms with Crippen molar-refractivity contribution in [1.29, 1.82) is 0 Å². The Morgan fingerprint density at radius 2 is 1.56 bits per heavy atom. The van der Waals surface area contributed by atoms with Crippen molar-refractivity contribution in [3.8, 4) is 11.1 Å². The lowest BCUT2D eigenvalue weighted by atomic mass is 9.91. The molecule has 0 bridgehead atoms. The van der Waals surface area contributed by atoms with E-state index >= 15 is 0 Å². The summed E-state index contributed by atoms with van der Waals surface area (Å²) in [7, 11) is 0.